The Morgan fingerprint density at radius 2 is 2.00 bits per heavy atom. The number of likely N-dealkylation sites (tertiary alicyclic amines) is 1. The molecule has 1 aromatic carbocycles. The van der Waals surface area contributed by atoms with E-state index in [-0.39, 0.29) is 17.9 Å². The molecule has 0 aliphatic carbocycles. The summed E-state index contributed by atoms with van der Waals surface area (Å²) < 4.78 is 5.61. The van der Waals surface area contributed by atoms with Crippen LogP contribution in [0.4, 0.5) is 0 Å². The van der Waals surface area contributed by atoms with Gasteiger partial charge in [0.25, 0.3) is 0 Å². The van der Waals surface area contributed by atoms with Crippen LogP contribution in [-0.4, -0.2) is 62.7 Å². The molecule has 2 N–H and O–H groups in total. The maximum Gasteiger partial charge on any atom is 0.244 e. The third kappa shape index (κ3) is 5.39. The predicted molar refractivity (Wildman–Crippen MR) is 113 cm³/mol. The van der Waals surface area contributed by atoms with Crippen LogP contribution in [0.15, 0.2) is 29.3 Å². The van der Waals surface area contributed by atoms with Crippen LogP contribution in [0, 0.1) is 0 Å². The molecule has 2 fully saturated rings. The summed E-state index contributed by atoms with van der Waals surface area (Å²) in [7, 11) is 0. The number of rotatable bonds is 6. The Kier molecular flexibility index (Phi) is 7.57. The molecular weight excluding hydrogens is 376 g/mol. The van der Waals surface area contributed by atoms with E-state index in [1.807, 2.05) is 24.0 Å². The van der Waals surface area contributed by atoms with Crippen LogP contribution >= 0.6 is 11.6 Å². The van der Waals surface area contributed by atoms with Gasteiger partial charge in [-0.1, -0.05) is 23.7 Å². The van der Waals surface area contributed by atoms with E-state index in [2.05, 4.69) is 27.8 Å². The van der Waals surface area contributed by atoms with Gasteiger partial charge in [-0.05, 0) is 50.3 Å². The standard InChI is InChI=1S/C21H31ClN4O2/c1-2-23-20(24-15-19(27)26-10-3-4-11-26)25-16-21(8-12-28-13-9-21)17-6-5-7-18(22)14-17/h5-7,14H,2-4,8-13,15-16H2,1H3,(H2,23,24,25). The first-order valence-electron chi connectivity index (χ1n) is 10.3. The lowest BCUT2D eigenvalue weighted by Gasteiger charge is -2.38. The lowest BCUT2D eigenvalue weighted by atomic mass is 9.74. The van der Waals surface area contributed by atoms with E-state index in [9.17, 15) is 4.79 Å². The van der Waals surface area contributed by atoms with E-state index in [0.717, 1.165) is 70.1 Å². The highest BCUT2D eigenvalue weighted by atomic mass is 35.5. The minimum atomic E-state index is -0.0572. The molecule has 28 heavy (non-hydrogen) atoms. The fourth-order valence-corrected chi connectivity index (χ4v) is 4.15. The molecule has 2 saturated heterocycles. The Morgan fingerprint density at radius 3 is 2.68 bits per heavy atom. The molecule has 2 aliphatic heterocycles. The highest BCUT2D eigenvalue weighted by Gasteiger charge is 2.34. The fourth-order valence-electron chi connectivity index (χ4n) is 3.96. The number of benzene rings is 1. The van der Waals surface area contributed by atoms with Crippen LogP contribution in [-0.2, 0) is 14.9 Å². The summed E-state index contributed by atoms with van der Waals surface area (Å²) >= 11 is 6.26. The first kappa shape index (κ1) is 20.9. The number of aliphatic imine (C=N–C) groups is 1. The Labute approximate surface area is 172 Å². The smallest absolute Gasteiger partial charge is 0.244 e. The monoisotopic (exact) mass is 406 g/mol. The number of hydrogen-bond donors (Lipinski definition) is 2. The van der Waals surface area contributed by atoms with Gasteiger partial charge < -0.3 is 20.3 Å². The average Bonchev–Trinajstić information content (AvgIpc) is 3.25. The van der Waals surface area contributed by atoms with Crippen molar-refractivity contribution in [3.8, 4) is 0 Å². The number of guanidine groups is 1. The first-order valence-corrected chi connectivity index (χ1v) is 10.6. The molecular formula is C21H31ClN4O2. The van der Waals surface area contributed by atoms with Crippen molar-refractivity contribution in [1.82, 2.24) is 15.5 Å². The Morgan fingerprint density at radius 1 is 1.25 bits per heavy atom. The molecule has 154 valence electrons. The van der Waals surface area contributed by atoms with Crippen LogP contribution in [0.5, 0.6) is 0 Å². The second kappa shape index (κ2) is 10.1. The molecule has 3 rings (SSSR count). The van der Waals surface area contributed by atoms with Crippen molar-refractivity contribution in [1.29, 1.82) is 0 Å². The topological polar surface area (TPSA) is 66.0 Å². The molecule has 0 bridgehead atoms. The molecule has 1 aromatic rings. The zero-order valence-corrected chi connectivity index (χ0v) is 17.4. The van der Waals surface area contributed by atoms with Gasteiger partial charge in [0, 0.05) is 49.8 Å². The summed E-state index contributed by atoms with van der Waals surface area (Å²) in [4.78, 5) is 18.7. The van der Waals surface area contributed by atoms with Gasteiger partial charge in [0.1, 0.15) is 6.54 Å². The molecule has 0 aromatic heterocycles. The maximum absolute atomic E-state index is 12.3. The van der Waals surface area contributed by atoms with E-state index in [0.29, 0.717) is 5.96 Å². The highest BCUT2D eigenvalue weighted by molar-refractivity contribution is 6.30. The number of halogens is 1. The van der Waals surface area contributed by atoms with Crippen molar-refractivity contribution in [2.45, 2.75) is 38.0 Å². The molecule has 6 nitrogen and oxygen atoms in total. The molecule has 0 saturated carbocycles. The number of carbonyl (C=O) groups is 1. The largest absolute Gasteiger partial charge is 0.381 e. The zero-order chi connectivity index (χ0) is 19.8. The molecule has 2 heterocycles. The summed E-state index contributed by atoms with van der Waals surface area (Å²) in [6.07, 6.45) is 4.04. The lowest BCUT2D eigenvalue weighted by Crippen LogP contribution is -2.48. The van der Waals surface area contributed by atoms with Crippen LogP contribution in [0.1, 0.15) is 38.2 Å². The number of amides is 1. The molecule has 2 aliphatic rings. The molecule has 7 heteroatoms. The Balaban J connectivity index is 1.68. The first-order chi connectivity index (χ1) is 13.6. The number of carbonyl (C=O) groups excluding carboxylic acids is 1. The molecule has 1 amide bonds. The van der Waals surface area contributed by atoms with Crippen LogP contribution in [0.3, 0.4) is 0 Å². The zero-order valence-electron chi connectivity index (χ0n) is 16.7. The van der Waals surface area contributed by atoms with Crippen molar-refractivity contribution in [3.05, 3.63) is 34.9 Å². The van der Waals surface area contributed by atoms with Crippen molar-refractivity contribution in [2.75, 3.05) is 45.9 Å². The van der Waals surface area contributed by atoms with E-state index in [1.165, 1.54) is 5.56 Å². The van der Waals surface area contributed by atoms with Gasteiger partial charge in [-0.3, -0.25) is 4.79 Å². The third-order valence-corrected chi connectivity index (χ3v) is 5.89. The van der Waals surface area contributed by atoms with E-state index >= 15 is 0 Å². The van der Waals surface area contributed by atoms with Crippen molar-refractivity contribution in [2.24, 2.45) is 4.99 Å². The SMILES string of the molecule is CCNC(=NCC(=O)N1CCCC1)NCC1(c2cccc(Cl)c2)CCOCC1. The third-order valence-electron chi connectivity index (χ3n) is 5.66. The van der Waals surface area contributed by atoms with Crippen molar-refractivity contribution in [3.63, 3.8) is 0 Å². The lowest BCUT2D eigenvalue weighted by molar-refractivity contribution is -0.128. The number of ether oxygens (including phenoxy) is 1. The minimum absolute atomic E-state index is 0.0572. The molecule has 0 spiro atoms. The van der Waals surface area contributed by atoms with Crippen molar-refractivity contribution >= 4 is 23.5 Å². The number of hydrogen-bond acceptors (Lipinski definition) is 3. The molecule has 0 unspecified atom stereocenters. The van der Waals surface area contributed by atoms with Crippen molar-refractivity contribution < 1.29 is 9.53 Å². The summed E-state index contributed by atoms with van der Waals surface area (Å²) in [5.74, 6) is 0.785. The van der Waals surface area contributed by atoms with Crippen LogP contribution < -0.4 is 10.6 Å². The van der Waals surface area contributed by atoms with Gasteiger partial charge in [0.05, 0.1) is 0 Å². The summed E-state index contributed by atoms with van der Waals surface area (Å²) in [6.45, 7) is 6.86. The number of nitrogens with zero attached hydrogens (tertiary/aromatic N) is 2. The highest BCUT2D eigenvalue weighted by Crippen LogP contribution is 2.35. The minimum Gasteiger partial charge on any atom is -0.381 e. The van der Waals surface area contributed by atoms with Gasteiger partial charge in [-0.25, -0.2) is 4.99 Å². The van der Waals surface area contributed by atoms with Gasteiger partial charge in [-0.15, -0.1) is 0 Å². The van der Waals surface area contributed by atoms with E-state index in [4.69, 9.17) is 16.3 Å². The van der Waals surface area contributed by atoms with Crippen LogP contribution in [0.2, 0.25) is 5.02 Å². The quantitative estimate of drug-likeness (QED) is 0.563. The predicted octanol–water partition coefficient (Wildman–Crippen LogP) is 2.57. The molecule has 0 atom stereocenters. The van der Waals surface area contributed by atoms with E-state index < -0.39 is 0 Å². The normalized spacial score (nSPS) is 19.5. The van der Waals surface area contributed by atoms with E-state index in [1.54, 1.807) is 0 Å². The molecule has 0 radical (unpaired) electrons. The maximum atomic E-state index is 12.3. The second-order valence-corrected chi connectivity index (χ2v) is 7.98. The van der Waals surface area contributed by atoms with Gasteiger partial charge in [0.15, 0.2) is 5.96 Å². The second-order valence-electron chi connectivity index (χ2n) is 7.54. The summed E-state index contributed by atoms with van der Waals surface area (Å²) in [6, 6.07) is 8.10. The summed E-state index contributed by atoms with van der Waals surface area (Å²) in [5.41, 5.74) is 1.16. The fraction of sp³-hybridized carbons (Fsp3) is 0.619. The van der Waals surface area contributed by atoms with Gasteiger partial charge in [-0.2, -0.15) is 0 Å². The average molecular weight is 407 g/mol. The van der Waals surface area contributed by atoms with Gasteiger partial charge in [0.2, 0.25) is 5.91 Å². The Bertz CT molecular complexity index is 683. The van der Waals surface area contributed by atoms with Crippen LogP contribution in [0.25, 0.3) is 0 Å². The Hall–Kier alpha value is -1.79. The van der Waals surface area contributed by atoms with Gasteiger partial charge >= 0.3 is 0 Å². The summed E-state index contributed by atoms with van der Waals surface area (Å²) in [5, 5.41) is 7.47. The number of nitrogens with one attached hydrogen (secondary N) is 2.